The van der Waals surface area contributed by atoms with Gasteiger partial charge in [0.1, 0.15) is 11.4 Å². The first-order chi connectivity index (χ1) is 18.6. The summed E-state index contributed by atoms with van der Waals surface area (Å²) in [5, 5.41) is 11.7. The number of nitrogens with zero attached hydrogens (tertiary/aromatic N) is 1. The van der Waals surface area contributed by atoms with Crippen LogP contribution in [0, 0.1) is 11.8 Å². The molecule has 0 saturated heterocycles. The zero-order valence-electron chi connectivity index (χ0n) is 23.5. The second kappa shape index (κ2) is 11.2. The number of aryl methyl sites for hydroxylation is 1. The fraction of sp³-hybridized carbons (Fsp3) is 0.545. The zero-order chi connectivity index (χ0) is 27.8. The fourth-order valence-corrected chi connectivity index (χ4v) is 6.89. The molecule has 39 heavy (non-hydrogen) atoms. The van der Waals surface area contributed by atoms with Crippen LogP contribution in [-0.4, -0.2) is 42.5 Å². The van der Waals surface area contributed by atoms with E-state index in [1.807, 2.05) is 51.1 Å². The fourth-order valence-electron chi connectivity index (χ4n) is 6.69. The molecule has 0 bridgehead atoms. The topological polar surface area (TPSA) is 59.0 Å². The molecule has 4 atom stereocenters. The minimum Gasteiger partial charge on any atom is -0.490 e. The van der Waals surface area contributed by atoms with Crippen LogP contribution in [0.1, 0.15) is 80.8 Å². The van der Waals surface area contributed by atoms with Gasteiger partial charge in [-0.25, -0.2) is 4.79 Å². The molecule has 1 aliphatic heterocycles. The van der Waals surface area contributed by atoms with Crippen molar-refractivity contribution in [3.05, 3.63) is 70.8 Å². The highest BCUT2D eigenvalue weighted by Gasteiger charge is 2.44. The number of hydrogen-bond acceptors (Lipinski definition) is 5. The first-order valence-electron chi connectivity index (χ1n) is 14.4. The van der Waals surface area contributed by atoms with Crippen LogP contribution in [0.15, 0.2) is 49.1 Å². The summed E-state index contributed by atoms with van der Waals surface area (Å²) < 4.78 is 12.3. The summed E-state index contributed by atoms with van der Waals surface area (Å²) in [5.41, 5.74) is 3.34. The number of esters is 1. The number of hydrogen-bond donors (Lipinski definition) is 1. The van der Waals surface area contributed by atoms with Crippen molar-refractivity contribution >= 4 is 23.3 Å². The lowest BCUT2D eigenvalue weighted by Crippen LogP contribution is -2.49. The summed E-state index contributed by atoms with van der Waals surface area (Å²) in [6, 6.07) is 12.0. The van der Waals surface area contributed by atoms with Crippen molar-refractivity contribution in [3.63, 3.8) is 0 Å². The number of fused-ring (bicyclic) bond motifs is 3. The number of halogens is 1. The van der Waals surface area contributed by atoms with Crippen LogP contribution in [0.25, 0.3) is 0 Å². The normalized spacial score (nSPS) is 25.0. The van der Waals surface area contributed by atoms with Gasteiger partial charge in [-0.1, -0.05) is 23.7 Å². The van der Waals surface area contributed by atoms with Gasteiger partial charge < -0.3 is 19.5 Å². The molecule has 0 aromatic heterocycles. The van der Waals surface area contributed by atoms with Crippen molar-refractivity contribution in [2.45, 2.75) is 82.8 Å². The van der Waals surface area contributed by atoms with E-state index in [0.717, 1.165) is 74.5 Å². The lowest BCUT2D eigenvalue weighted by Gasteiger charge is -2.45. The summed E-state index contributed by atoms with van der Waals surface area (Å²) in [6.07, 6.45) is 8.42. The first kappa shape index (κ1) is 28.0. The number of carbonyl (C=O) groups excluding carboxylic acids is 1. The van der Waals surface area contributed by atoms with E-state index in [9.17, 15) is 9.90 Å². The molecule has 5 rings (SSSR count). The van der Waals surface area contributed by atoms with E-state index < -0.39 is 5.60 Å². The van der Waals surface area contributed by atoms with Crippen LogP contribution in [0.5, 0.6) is 5.75 Å². The quantitative estimate of drug-likeness (QED) is 0.293. The van der Waals surface area contributed by atoms with E-state index >= 15 is 0 Å². The summed E-state index contributed by atoms with van der Waals surface area (Å²) in [7, 11) is 0. The third-order valence-electron chi connectivity index (χ3n) is 8.76. The molecule has 5 nitrogen and oxygen atoms in total. The molecule has 0 radical (unpaired) electrons. The minimum absolute atomic E-state index is 0.177. The Morgan fingerprint density at radius 3 is 2.82 bits per heavy atom. The van der Waals surface area contributed by atoms with Gasteiger partial charge in [-0.05, 0) is 119 Å². The molecule has 1 heterocycles. The van der Waals surface area contributed by atoms with Crippen molar-refractivity contribution in [2.75, 3.05) is 24.6 Å². The van der Waals surface area contributed by atoms with Crippen molar-refractivity contribution in [3.8, 4) is 5.75 Å². The Hall–Kier alpha value is -2.50. The smallest absolute Gasteiger partial charge is 0.338 e. The molecule has 1 saturated carbocycles. The lowest BCUT2D eigenvalue weighted by atomic mass is 9.68. The number of carbonyl (C=O) groups is 1. The molecule has 2 aromatic rings. The summed E-state index contributed by atoms with van der Waals surface area (Å²) in [5.74, 6) is 1.12. The molecule has 6 heteroatoms. The Kier molecular flexibility index (Phi) is 8.03. The van der Waals surface area contributed by atoms with Gasteiger partial charge in [-0.3, -0.25) is 0 Å². The molecule has 210 valence electrons. The highest BCUT2D eigenvalue weighted by Crippen LogP contribution is 2.47. The van der Waals surface area contributed by atoms with Crippen LogP contribution >= 0.6 is 11.6 Å². The van der Waals surface area contributed by atoms with Gasteiger partial charge in [0, 0.05) is 23.5 Å². The van der Waals surface area contributed by atoms with Gasteiger partial charge in [0.2, 0.25) is 0 Å². The summed E-state index contributed by atoms with van der Waals surface area (Å²) in [4.78, 5) is 15.5. The van der Waals surface area contributed by atoms with Gasteiger partial charge in [-0.2, -0.15) is 0 Å². The van der Waals surface area contributed by atoms with Crippen molar-refractivity contribution in [1.82, 2.24) is 0 Å². The second-order valence-electron chi connectivity index (χ2n) is 12.7. The SMILES string of the molecule is C=CCCC(O)[C@@H]1CC[C@H]1CN1C[C@@]2(CCCc3cc(Cl)ccc32)COc2ccc(C(=O)OC(C)(C)C)cc21. The third kappa shape index (κ3) is 6.00. The van der Waals surface area contributed by atoms with E-state index in [-0.39, 0.29) is 23.4 Å². The lowest BCUT2D eigenvalue weighted by molar-refractivity contribution is 0.00694. The molecule has 1 N–H and O–H groups in total. The van der Waals surface area contributed by atoms with E-state index in [0.29, 0.717) is 18.1 Å². The number of benzene rings is 2. The van der Waals surface area contributed by atoms with Crippen LogP contribution in [0.2, 0.25) is 5.02 Å². The van der Waals surface area contributed by atoms with Crippen LogP contribution in [0.4, 0.5) is 5.69 Å². The van der Waals surface area contributed by atoms with Gasteiger partial charge in [-0.15, -0.1) is 6.58 Å². The van der Waals surface area contributed by atoms with Gasteiger partial charge in [0.25, 0.3) is 0 Å². The Morgan fingerprint density at radius 2 is 2.10 bits per heavy atom. The molecule has 2 aromatic carbocycles. The molecule has 1 spiro atoms. The Morgan fingerprint density at radius 1 is 1.28 bits per heavy atom. The Labute approximate surface area is 238 Å². The van der Waals surface area contributed by atoms with Gasteiger partial charge in [0.05, 0.1) is 24.0 Å². The standard InChI is InChI=1S/C33H42ClNO4/c1-5-6-9-29(36)26-13-10-24(26)19-35-20-33(16-7-8-22-17-25(34)12-14-27(22)33)21-38-30-15-11-23(18-28(30)35)31(37)39-32(2,3)4/h5,11-12,14-15,17-18,24,26,29,36H,1,6-10,13,16,19-21H2,2-4H3/t24-,26+,29?,33-/m0/s1. The largest absolute Gasteiger partial charge is 0.490 e. The van der Waals surface area contributed by atoms with Crippen LogP contribution in [0.3, 0.4) is 0 Å². The van der Waals surface area contributed by atoms with E-state index in [2.05, 4.69) is 23.6 Å². The third-order valence-corrected chi connectivity index (χ3v) is 9.00. The maximum absolute atomic E-state index is 13.0. The molecule has 3 aliphatic rings. The molecule has 2 aliphatic carbocycles. The number of aliphatic hydroxyl groups excluding tert-OH is 1. The number of anilines is 1. The van der Waals surface area contributed by atoms with Crippen molar-refractivity contribution in [1.29, 1.82) is 0 Å². The van der Waals surface area contributed by atoms with Crippen LogP contribution in [-0.2, 0) is 16.6 Å². The van der Waals surface area contributed by atoms with Crippen LogP contribution < -0.4 is 9.64 Å². The maximum Gasteiger partial charge on any atom is 0.338 e. The van der Waals surface area contributed by atoms with E-state index in [4.69, 9.17) is 21.1 Å². The first-order valence-corrected chi connectivity index (χ1v) is 14.8. The minimum atomic E-state index is -0.571. The second-order valence-corrected chi connectivity index (χ2v) is 13.2. The van der Waals surface area contributed by atoms with Crippen molar-refractivity contribution in [2.24, 2.45) is 11.8 Å². The highest BCUT2D eigenvalue weighted by molar-refractivity contribution is 6.30. The predicted octanol–water partition coefficient (Wildman–Crippen LogP) is 7.12. The predicted molar refractivity (Wildman–Crippen MR) is 157 cm³/mol. The average Bonchev–Trinajstić information content (AvgIpc) is 3.01. The summed E-state index contributed by atoms with van der Waals surface area (Å²) >= 11 is 6.39. The molecule has 0 amide bonds. The maximum atomic E-state index is 13.0. The number of ether oxygens (including phenoxy) is 2. The number of allylic oxidation sites excluding steroid dienone is 1. The molecule has 1 unspecified atom stereocenters. The van der Waals surface area contributed by atoms with Gasteiger partial charge in [0.15, 0.2) is 0 Å². The monoisotopic (exact) mass is 551 g/mol. The molecular formula is C33H42ClNO4. The molecule has 1 fully saturated rings. The van der Waals surface area contributed by atoms with E-state index in [1.54, 1.807) is 0 Å². The Bertz CT molecular complexity index is 1220. The zero-order valence-corrected chi connectivity index (χ0v) is 24.3. The highest BCUT2D eigenvalue weighted by atomic mass is 35.5. The molecular weight excluding hydrogens is 510 g/mol. The Balaban J connectivity index is 1.50. The van der Waals surface area contributed by atoms with E-state index in [1.165, 1.54) is 11.1 Å². The summed E-state index contributed by atoms with van der Waals surface area (Å²) in [6.45, 7) is 11.7. The van der Waals surface area contributed by atoms with Gasteiger partial charge >= 0.3 is 5.97 Å². The number of aliphatic hydroxyl groups is 1. The number of rotatable bonds is 7. The average molecular weight is 552 g/mol. The van der Waals surface area contributed by atoms with Crippen molar-refractivity contribution < 1.29 is 19.4 Å².